The normalized spacial score (nSPS) is 22.2. The van der Waals surface area contributed by atoms with E-state index in [1.807, 2.05) is 0 Å². The number of hydrogen-bond acceptors (Lipinski definition) is 4. The van der Waals surface area contributed by atoms with Gasteiger partial charge in [-0.1, -0.05) is 41.0 Å². The molecule has 0 aliphatic carbocycles. The topological polar surface area (TPSA) is 36.9 Å². The van der Waals surface area contributed by atoms with Gasteiger partial charge in [-0.25, -0.2) is 0 Å². The molecule has 1 rings (SSSR count). The van der Waals surface area contributed by atoms with Crippen molar-refractivity contribution >= 4 is 8.56 Å². The molecule has 4 nitrogen and oxygen atoms in total. The van der Waals surface area contributed by atoms with Gasteiger partial charge < -0.3 is 18.3 Å². The molecule has 0 saturated carbocycles. The summed E-state index contributed by atoms with van der Waals surface area (Å²) in [5.41, 5.74) is 0. The zero-order chi connectivity index (χ0) is 16.5. The Balaban J connectivity index is 2.89. The van der Waals surface area contributed by atoms with Crippen LogP contribution in [0.2, 0.25) is 12.1 Å². The Kier molecular flexibility index (Phi) is 9.17. The third kappa shape index (κ3) is 5.03. The van der Waals surface area contributed by atoms with Crippen LogP contribution in [0.25, 0.3) is 0 Å². The molecule has 1 aliphatic rings. The van der Waals surface area contributed by atoms with Crippen LogP contribution in [0.15, 0.2) is 0 Å². The molecule has 1 heterocycles. The predicted molar refractivity (Wildman–Crippen MR) is 92.3 cm³/mol. The van der Waals surface area contributed by atoms with Crippen molar-refractivity contribution in [2.45, 2.75) is 90.7 Å². The molecule has 5 heteroatoms. The minimum absolute atomic E-state index is 0.0344. The molecule has 1 saturated heterocycles. The molecule has 0 aromatic heterocycles. The van der Waals surface area contributed by atoms with Gasteiger partial charge in [0.25, 0.3) is 0 Å². The smallest absolute Gasteiger partial charge is 0.338 e. The van der Waals surface area contributed by atoms with Crippen LogP contribution >= 0.6 is 0 Å². The number of hydrogen-bond donors (Lipinski definition) is 0. The van der Waals surface area contributed by atoms with Gasteiger partial charge >= 0.3 is 8.56 Å². The summed E-state index contributed by atoms with van der Waals surface area (Å²) in [4.78, 5) is 0. The number of ether oxygens (including phenoxy) is 2. The summed E-state index contributed by atoms with van der Waals surface area (Å²) in [6, 6.07) is 2.02. The van der Waals surface area contributed by atoms with Crippen LogP contribution in [-0.2, 0) is 18.3 Å². The maximum absolute atomic E-state index is 6.68. The first-order valence-electron chi connectivity index (χ1n) is 9.21. The maximum Gasteiger partial charge on any atom is 0.338 e. The van der Waals surface area contributed by atoms with Crippen LogP contribution in [0.5, 0.6) is 0 Å². The van der Waals surface area contributed by atoms with Gasteiger partial charge in [-0.05, 0) is 31.4 Å². The van der Waals surface area contributed by atoms with E-state index >= 15 is 0 Å². The summed E-state index contributed by atoms with van der Waals surface area (Å²) < 4.78 is 25.1. The summed E-state index contributed by atoms with van der Waals surface area (Å²) in [7, 11) is -2.18. The molecule has 1 aliphatic heterocycles. The lowest BCUT2D eigenvalue weighted by Gasteiger charge is -2.45. The molecule has 0 N–H and O–H groups in total. The van der Waals surface area contributed by atoms with Gasteiger partial charge in [0.1, 0.15) is 6.10 Å². The third-order valence-corrected chi connectivity index (χ3v) is 8.21. The minimum atomic E-state index is -2.18. The molecular weight excluding hydrogens is 296 g/mol. The largest absolute Gasteiger partial charge is 0.394 e. The van der Waals surface area contributed by atoms with E-state index in [4.69, 9.17) is 18.3 Å². The van der Waals surface area contributed by atoms with Gasteiger partial charge in [0.2, 0.25) is 0 Å². The van der Waals surface area contributed by atoms with Crippen molar-refractivity contribution in [2.24, 2.45) is 0 Å². The molecule has 0 spiro atoms. The zero-order valence-corrected chi connectivity index (χ0v) is 16.3. The first-order valence-corrected chi connectivity index (χ1v) is 11.4. The lowest BCUT2D eigenvalue weighted by atomic mass is 10.0. The van der Waals surface area contributed by atoms with E-state index in [-0.39, 0.29) is 6.10 Å². The number of rotatable bonds is 11. The monoisotopic (exact) mass is 332 g/mol. The highest BCUT2D eigenvalue weighted by Gasteiger charge is 2.47. The van der Waals surface area contributed by atoms with Crippen molar-refractivity contribution in [3.63, 3.8) is 0 Å². The van der Waals surface area contributed by atoms with E-state index in [0.717, 1.165) is 64.0 Å². The van der Waals surface area contributed by atoms with Crippen LogP contribution in [0.4, 0.5) is 0 Å². The lowest BCUT2D eigenvalue weighted by Crippen LogP contribution is -2.56. The first-order chi connectivity index (χ1) is 10.6. The van der Waals surface area contributed by atoms with Crippen LogP contribution in [0, 0.1) is 0 Å². The molecule has 0 aromatic rings. The molecule has 0 radical (unpaired) electrons. The Bertz CT molecular complexity index is 294. The van der Waals surface area contributed by atoms with Crippen molar-refractivity contribution in [1.29, 1.82) is 0 Å². The van der Waals surface area contributed by atoms with Gasteiger partial charge in [0.05, 0.1) is 13.2 Å². The van der Waals surface area contributed by atoms with Crippen molar-refractivity contribution in [1.82, 2.24) is 0 Å². The van der Waals surface area contributed by atoms with Gasteiger partial charge in [0, 0.05) is 13.0 Å². The highest BCUT2D eigenvalue weighted by atomic mass is 28.4. The molecule has 0 bridgehead atoms. The van der Waals surface area contributed by atoms with Crippen LogP contribution in [0.3, 0.4) is 0 Å². The first kappa shape index (κ1) is 20.1. The zero-order valence-electron chi connectivity index (χ0n) is 15.3. The van der Waals surface area contributed by atoms with Crippen molar-refractivity contribution in [3.8, 4) is 0 Å². The van der Waals surface area contributed by atoms with Gasteiger partial charge in [0.15, 0.2) is 5.79 Å². The van der Waals surface area contributed by atoms with E-state index in [9.17, 15) is 0 Å². The van der Waals surface area contributed by atoms with E-state index in [1.165, 1.54) is 0 Å². The quantitative estimate of drug-likeness (QED) is 0.517. The van der Waals surface area contributed by atoms with E-state index in [0.29, 0.717) is 0 Å². The van der Waals surface area contributed by atoms with Crippen molar-refractivity contribution in [3.05, 3.63) is 0 Å². The fraction of sp³-hybridized carbons (Fsp3) is 1.00. The highest BCUT2D eigenvalue weighted by Crippen LogP contribution is 2.34. The van der Waals surface area contributed by atoms with Gasteiger partial charge in [-0.15, -0.1) is 0 Å². The second-order valence-electron chi connectivity index (χ2n) is 6.09. The maximum atomic E-state index is 6.68. The van der Waals surface area contributed by atoms with E-state index < -0.39 is 14.3 Å². The standard InChI is InChI=1S/C17H36O4Si/c1-6-12-20-22(10-5,15-7-2)21-16(8-3)17(9-4)18-13-11-14-19-17/h16H,6-15H2,1-5H3. The predicted octanol–water partition coefficient (Wildman–Crippen LogP) is 4.62. The molecule has 1 fully saturated rings. The van der Waals surface area contributed by atoms with Gasteiger partial charge in [-0.3, -0.25) is 0 Å². The Morgan fingerprint density at radius 2 is 1.73 bits per heavy atom. The molecule has 2 atom stereocenters. The molecule has 2 unspecified atom stereocenters. The second kappa shape index (κ2) is 10.0. The van der Waals surface area contributed by atoms with E-state index in [2.05, 4.69) is 34.6 Å². The van der Waals surface area contributed by atoms with Crippen molar-refractivity contribution in [2.75, 3.05) is 19.8 Å². The minimum Gasteiger partial charge on any atom is -0.394 e. The Hall–Kier alpha value is 0.0569. The molecule has 22 heavy (non-hydrogen) atoms. The lowest BCUT2D eigenvalue weighted by molar-refractivity contribution is -0.307. The Labute approximate surface area is 138 Å². The molecule has 0 aromatic carbocycles. The average Bonchev–Trinajstić information content (AvgIpc) is 2.58. The highest BCUT2D eigenvalue weighted by molar-refractivity contribution is 6.67. The van der Waals surface area contributed by atoms with Crippen LogP contribution < -0.4 is 0 Å². The fourth-order valence-corrected chi connectivity index (χ4v) is 6.41. The van der Waals surface area contributed by atoms with E-state index in [1.54, 1.807) is 0 Å². The molecule has 0 amide bonds. The summed E-state index contributed by atoms with van der Waals surface area (Å²) in [5, 5.41) is 0. The fourth-order valence-electron chi connectivity index (χ4n) is 3.15. The SMILES string of the molecule is CCCO[Si](CC)(CCC)OC(CC)C1(CC)OCCCO1. The summed E-state index contributed by atoms with van der Waals surface area (Å²) in [5.74, 6) is -0.580. The summed E-state index contributed by atoms with van der Waals surface area (Å²) in [6.07, 6.45) is 4.77. The van der Waals surface area contributed by atoms with Gasteiger partial charge in [-0.2, -0.15) is 0 Å². The molecule has 132 valence electrons. The molecular formula is C17H36O4Si. The van der Waals surface area contributed by atoms with Crippen LogP contribution in [-0.4, -0.2) is 40.3 Å². The second-order valence-corrected chi connectivity index (χ2v) is 9.65. The summed E-state index contributed by atoms with van der Waals surface area (Å²) in [6.45, 7) is 13.2. The Morgan fingerprint density at radius 1 is 1.05 bits per heavy atom. The third-order valence-electron chi connectivity index (χ3n) is 4.43. The Morgan fingerprint density at radius 3 is 2.18 bits per heavy atom. The summed E-state index contributed by atoms with van der Waals surface area (Å²) >= 11 is 0. The average molecular weight is 333 g/mol. The van der Waals surface area contributed by atoms with Crippen LogP contribution in [0.1, 0.15) is 66.7 Å². The van der Waals surface area contributed by atoms with Crippen molar-refractivity contribution < 1.29 is 18.3 Å².